The fourth-order valence-electron chi connectivity index (χ4n) is 1.97. The summed E-state index contributed by atoms with van der Waals surface area (Å²) in [5.74, 6) is 2.39. The third-order valence-corrected chi connectivity index (χ3v) is 2.69. The highest BCUT2D eigenvalue weighted by atomic mass is 16.5. The molecule has 0 aliphatic carbocycles. The molecule has 0 bridgehead atoms. The second-order valence-corrected chi connectivity index (χ2v) is 5.38. The van der Waals surface area contributed by atoms with Crippen LogP contribution in [0.1, 0.15) is 39.7 Å². The lowest BCUT2D eigenvalue weighted by molar-refractivity contribution is 0.131. The van der Waals surface area contributed by atoms with Crippen LogP contribution < -0.4 is 10.1 Å². The third kappa shape index (κ3) is 2.49. The second kappa shape index (κ2) is 4.00. The fourth-order valence-corrected chi connectivity index (χ4v) is 1.97. The average molecular weight is 218 g/mol. The minimum Gasteiger partial charge on any atom is -0.488 e. The van der Waals surface area contributed by atoms with E-state index in [0.717, 1.165) is 18.7 Å². The number of hydrogen-bond donors (Lipinski definition) is 1. The maximum Gasteiger partial charge on any atom is 0.120 e. The Morgan fingerprint density at radius 3 is 2.69 bits per heavy atom. The average Bonchev–Trinajstić information content (AvgIpc) is 2.17. The summed E-state index contributed by atoms with van der Waals surface area (Å²) < 4.78 is 5.87. The number of benzene rings is 1. The van der Waals surface area contributed by atoms with Crippen LogP contribution in [-0.2, 0) is 0 Å². The van der Waals surface area contributed by atoms with Crippen molar-refractivity contribution in [3.63, 3.8) is 0 Å². The highest BCUT2D eigenvalue weighted by molar-refractivity contribution is 5.61. The Hall–Kier alpha value is -1.18. The van der Waals surface area contributed by atoms with Gasteiger partial charge >= 0.3 is 0 Å². The molecule has 0 spiro atoms. The summed E-state index contributed by atoms with van der Waals surface area (Å²) in [5.41, 5.74) is 2.39. The van der Waals surface area contributed by atoms with Gasteiger partial charge in [0.1, 0.15) is 11.4 Å². The van der Waals surface area contributed by atoms with Crippen LogP contribution in [0.4, 0.5) is 5.69 Å². The van der Waals surface area contributed by atoms with Crippen LogP contribution in [0, 0.1) is 5.92 Å². The molecule has 0 atom stereocenters. The predicted octanol–water partition coefficient (Wildman–Crippen LogP) is 3.62. The molecule has 0 aromatic heterocycles. The Morgan fingerprint density at radius 2 is 2.00 bits per heavy atom. The van der Waals surface area contributed by atoms with Gasteiger partial charge in [0.25, 0.3) is 0 Å². The van der Waals surface area contributed by atoms with Gasteiger partial charge in [0.2, 0.25) is 0 Å². The van der Waals surface area contributed by atoms with Gasteiger partial charge in [-0.1, -0.05) is 6.92 Å². The van der Waals surface area contributed by atoms with Crippen LogP contribution in [0.15, 0.2) is 18.2 Å². The van der Waals surface area contributed by atoms with Gasteiger partial charge in [-0.15, -0.1) is 0 Å². The van der Waals surface area contributed by atoms with Crippen LogP contribution in [0.5, 0.6) is 5.75 Å². The highest BCUT2D eigenvalue weighted by Crippen LogP contribution is 2.34. The van der Waals surface area contributed by atoms with Crippen LogP contribution in [0.3, 0.4) is 0 Å². The Labute approximate surface area is 98.0 Å². The maximum atomic E-state index is 5.87. The van der Waals surface area contributed by atoms with E-state index in [1.807, 2.05) is 6.07 Å². The van der Waals surface area contributed by atoms with Gasteiger partial charge in [0.15, 0.2) is 0 Å². The van der Waals surface area contributed by atoms with Crippen molar-refractivity contribution in [2.75, 3.05) is 11.9 Å². The van der Waals surface area contributed by atoms with Crippen molar-refractivity contribution < 1.29 is 4.74 Å². The molecule has 0 saturated carbocycles. The van der Waals surface area contributed by atoms with Gasteiger partial charge in [0, 0.05) is 18.2 Å². The molecule has 87 valence electrons. The molecule has 1 aromatic rings. The molecule has 1 aliphatic heterocycles. The second-order valence-electron chi connectivity index (χ2n) is 5.38. The monoisotopic (exact) mass is 218 g/mol. The summed E-state index contributed by atoms with van der Waals surface area (Å²) in [4.78, 5) is 0. The maximum absolute atomic E-state index is 5.87. The summed E-state index contributed by atoms with van der Waals surface area (Å²) in [6, 6.07) is 6.29. The van der Waals surface area contributed by atoms with E-state index in [1.54, 1.807) is 0 Å². The quantitative estimate of drug-likeness (QED) is 0.777. The first-order valence-electron chi connectivity index (χ1n) is 5.85. The largest absolute Gasteiger partial charge is 0.488 e. The molecule has 1 aliphatic rings. The number of fused-ring (bicyclic) bond motifs is 1. The summed E-state index contributed by atoms with van der Waals surface area (Å²) in [6.45, 7) is 9.45. The van der Waals surface area contributed by atoms with Crippen LogP contribution in [-0.4, -0.2) is 12.1 Å². The lowest BCUT2D eigenvalue weighted by Crippen LogP contribution is -2.23. The molecule has 0 amide bonds. The molecule has 1 radical (unpaired) electrons. The number of anilines is 1. The van der Waals surface area contributed by atoms with Gasteiger partial charge in [-0.25, -0.2) is 0 Å². The molecule has 0 unspecified atom stereocenters. The van der Waals surface area contributed by atoms with Crippen molar-refractivity contribution in [2.45, 2.75) is 39.7 Å². The minimum atomic E-state index is -0.135. The van der Waals surface area contributed by atoms with Gasteiger partial charge in [-0.05, 0) is 51.0 Å². The SMILES string of the molecule is C[C]1CCNc2ccc(OC(C)(C)C)cc21. The number of hydrogen-bond acceptors (Lipinski definition) is 2. The summed E-state index contributed by atoms with van der Waals surface area (Å²) in [7, 11) is 0. The van der Waals surface area contributed by atoms with Crippen molar-refractivity contribution >= 4 is 5.69 Å². The standard InChI is InChI=1S/C14H20NO/c1-10-7-8-15-13-6-5-11(9-12(10)13)16-14(2,3)4/h5-6,9,15H,7-8H2,1-4H3. The molecule has 2 rings (SSSR count). The molecule has 2 nitrogen and oxygen atoms in total. The summed E-state index contributed by atoms with van der Waals surface area (Å²) in [6.07, 6.45) is 1.12. The number of ether oxygens (including phenoxy) is 1. The molecular weight excluding hydrogens is 198 g/mol. The van der Waals surface area contributed by atoms with Crippen LogP contribution in [0.2, 0.25) is 0 Å². The van der Waals surface area contributed by atoms with Crippen molar-refractivity contribution in [3.8, 4) is 5.75 Å². The van der Waals surface area contributed by atoms with Crippen molar-refractivity contribution in [2.24, 2.45) is 0 Å². The first-order valence-corrected chi connectivity index (χ1v) is 5.85. The number of rotatable bonds is 1. The topological polar surface area (TPSA) is 21.3 Å². The third-order valence-electron chi connectivity index (χ3n) is 2.69. The Kier molecular flexibility index (Phi) is 2.83. The normalized spacial score (nSPS) is 16.5. The van der Waals surface area contributed by atoms with Crippen molar-refractivity contribution in [3.05, 3.63) is 29.7 Å². The predicted molar refractivity (Wildman–Crippen MR) is 67.9 cm³/mol. The molecule has 1 heterocycles. The van der Waals surface area contributed by atoms with Crippen molar-refractivity contribution in [1.82, 2.24) is 0 Å². The van der Waals surface area contributed by atoms with Gasteiger partial charge in [-0.2, -0.15) is 0 Å². The Bertz CT molecular complexity index is 379. The van der Waals surface area contributed by atoms with E-state index < -0.39 is 0 Å². The lowest BCUT2D eigenvalue weighted by Gasteiger charge is -2.26. The van der Waals surface area contributed by atoms with Gasteiger partial charge in [0.05, 0.1) is 0 Å². The first-order chi connectivity index (χ1) is 7.46. The van der Waals surface area contributed by atoms with E-state index in [-0.39, 0.29) is 5.60 Å². The molecule has 2 heteroatoms. The van der Waals surface area contributed by atoms with Gasteiger partial charge in [-0.3, -0.25) is 0 Å². The van der Waals surface area contributed by atoms with E-state index in [4.69, 9.17) is 4.74 Å². The minimum absolute atomic E-state index is 0.135. The zero-order valence-corrected chi connectivity index (χ0v) is 10.6. The molecule has 16 heavy (non-hydrogen) atoms. The van der Waals surface area contributed by atoms with E-state index in [9.17, 15) is 0 Å². The van der Waals surface area contributed by atoms with Crippen LogP contribution >= 0.6 is 0 Å². The zero-order chi connectivity index (χ0) is 11.8. The molecule has 1 aromatic carbocycles. The zero-order valence-electron chi connectivity index (χ0n) is 10.6. The Balaban J connectivity index is 2.27. The summed E-state index contributed by atoms with van der Waals surface area (Å²) >= 11 is 0. The number of nitrogens with one attached hydrogen (secondary N) is 1. The molecule has 0 fully saturated rings. The molecule has 0 saturated heterocycles. The Morgan fingerprint density at radius 1 is 1.25 bits per heavy atom. The van der Waals surface area contributed by atoms with E-state index in [1.165, 1.54) is 17.2 Å². The van der Waals surface area contributed by atoms with Gasteiger partial charge < -0.3 is 10.1 Å². The van der Waals surface area contributed by atoms with E-state index in [0.29, 0.717) is 0 Å². The smallest absolute Gasteiger partial charge is 0.120 e. The molecule has 1 N–H and O–H groups in total. The lowest BCUT2D eigenvalue weighted by atomic mass is 9.92. The van der Waals surface area contributed by atoms with E-state index in [2.05, 4.69) is 45.1 Å². The first kappa shape index (κ1) is 11.3. The molecular formula is C14H20NO. The summed E-state index contributed by atoms with van der Waals surface area (Å²) in [5, 5.41) is 3.41. The van der Waals surface area contributed by atoms with E-state index >= 15 is 0 Å². The fraction of sp³-hybridized carbons (Fsp3) is 0.500. The van der Waals surface area contributed by atoms with Crippen LogP contribution in [0.25, 0.3) is 0 Å². The highest BCUT2D eigenvalue weighted by Gasteiger charge is 2.18. The van der Waals surface area contributed by atoms with Crippen molar-refractivity contribution in [1.29, 1.82) is 0 Å².